The Labute approximate surface area is 153 Å². The first-order valence-corrected chi connectivity index (χ1v) is 9.34. The van der Waals surface area contributed by atoms with Crippen molar-refractivity contribution in [3.63, 3.8) is 0 Å². The molecule has 0 aliphatic rings. The normalized spacial score (nSPS) is 12.5. The number of benzene rings is 1. The summed E-state index contributed by atoms with van der Waals surface area (Å²) in [6.45, 7) is 2.46. The number of halogens is 1. The van der Waals surface area contributed by atoms with Crippen molar-refractivity contribution in [2.75, 3.05) is 6.61 Å². The molecule has 4 N–H and O–H groups in total. The molecule has 1 aromatic rings. The van der Waals surface area contributed by atoms with Crippen LogP contribution in [0.4, 0.5) is 4.79 Å². The molecule has 9 nitrogen and oxygen atoms in total. The molecule has 0 radical (unpaired) electrons. The highest BCUT2D eigenvalue weighted by Gasteiger charge is 2.30. The molecule has 1 aromatic carbocycles. The molecule has 25 heavy (non-hydrogen) atoms. The number of hydrogen-bond acceptors (Lipinski definition) is 6. The van der Waals surface area contributed by atoms with E-state index in [-0.39, 0.29) is 4.90 Å². The van der Waals surface area contributed by atoms with Crippen molar-refractivity contribution in [1.82, 2.24) is 10.0 Å². The van der Waals surface area contributed by atoms with E-state index >= 15 is 0 Å². The van der Waals surface area contributed by atoms with Crippen LogP contribution in [0.1, 0.15) is 13.8 Å². The smallest absolute Gasteiger partial charge is 0.324 e. The van der Waals surface area contributed by atoms with Crippen LogP contribution >= 0.6 is 15.9 Å². The van der Waals surface area contributed by atoms with Gasteiger partial charge in [-0.05, 0) is 30.2 Å². The predicted molar refractivity (Wildman–Crippen MR) is 91.8 cm³/mol. The van der Waals surface area contributed by atoms with Gasteiger partial charge in [0.15, 0.2) is 6.61 Å². The maximum Gasteiger partial charge on any atom is 0.324 e. The average Bonchev–Trinajstić information content (AvgIpc) is 2.50. The largest absolute Gasteiger partial charge is 0.454 e. The van der Waals surface area contributed by atoms with Crippen LogP contribution in [-0.2, 0) is 24.3 Å². The first-order valence-electron chi connectivity index (χ1n) is 7.06. The van der Waals surface area contributed by atoms with Gasteiger partial charge in [0.1, 0.15) is 6.04 Å². The fourth-order valence-corrected chi connectivity index (χ4v) is 3.30. The van der Waals surface area contributed by atoms with E-state index in [1.807, 2.05) is 0 Å². The fourth-order valence-electron chi connectivity index (χ4n) is 1.71. The number of carbonyl (C=O) groups is 3. The third kappa shape index (κ3) is 6.80. The van der Waals surface area contributed by atoms with E-state index in [0.29, 0.717) is 4.47 Å². The second-order valence-electron chi connectivity index (χ2n) is 5.32. The Bertz CT molecular complexity index is 748. The van der Waals surface area contributed by atoms with Crippen molar-refractivity contribution in [3.8, 4) is 0 Å². The number of esters is 1. The van der Waals surface area contributed by atoms with E-state index in [2.05, 4.69) is 20.7 Å². The van der Waals surface area contributed by atoms with Gasteiger partial charge in [0, 0.05) is 4.47 Å². The van der Waals surface area contributed by atoms with Crippen LogP contribution in [0.25, 0.3) is 0 Å². The van der Waals surface area contributed by atoms with Gasteiger partial charge < -0.3 is 10.5 Å². The Morgan fingerprint density at radius 1 is 1.20 bits per heavy atom. The minimum absolute atomic E-state index is 0.0272. The maximum absolute atomic E-state index is 12.4. The number of nitrogens with two attached hydrogens (primary N) is 1. The third-order valence-electron chi connectivity index (χ3n) is 2.93. The topological polar surface area (TPSA) is 145 Å². The minimum atomic E-state index is -3.97. The highest BCUT2D eigenvalue weighted by Crippen LogP contribution is 2.16. The Morgan fingerprint density at radius 2 is 1.76 bits per heavy atom. The van der Waals surface area contributed by atoms with Crippen molar-refractivity contribution in [2.45, 2.75) is 24.8 Å². The van der Waals surface area contributed by atoms with Crippen LogP contribution in [0.5, 0.6) is 0 Å². The summed E-state index contributed by atoms with van der Waals surface area (Å²) >= 11 is 3.20. The van der Waals surface area contributed by atoms with Gasteiger partial charge >= 0.3 is 12.0 Å². The van der Waals surface area contributed by atoms with Crippen LogP contribution in [0.15, 0.2) is 33.6 Å². The number of sulfonamides is 1. The number of rotatable bonds is 7. The molecular weight excluding hydrogens is 418 g/mol. The Morgan fingerprint density at radius 3 is 2.24 bits per heavy atom. The summed E-state index contributed by atoms with van der Waals surface area (Å²) in [7, 11) is -3.97. The lowest BCUT2D eigenvalue weighted by atomic mass is 10.1. The lowest BCUT2D eigenvalue weighted by molar-refractivity contribution is -0.150. The molecule has 0 aromatic heterocycles. The minimum Gasteiger partial charge on any atom is -0.454 e. The summed E-state index contributed by atoms with van der Waals surface area (Å²) in [5.74, 6) is -2.31. The zero-order chi connectivity index (χ0) is 19.2. The highest BCUT2D eigenvalue weighted by molar-refractivity contribution is 9.10. The van der Waals surface area contributed by atoms with Crippen molar-refractivity contribution < 1.29 is 27.5 Å². The number of amides is 3. The van der Waals surface area contributed by atoms with Gasteiger partial charge in [-0.2, -0.15) is 4.72 Å². The zero-order valence-electron chi connectivity index (χ0n) is 13.5. The fraction of sp³-hybridized carbons (Fsp3) is 0.357. The molecule has 0 unspecified atom stereocenters. The Hall–Kier alpha value is -1.98. The molecule has 0 saturated carbocycles. The van der Waals surface area contributed by atoms with Crippen LogP contribution in [0, 0.1) is 5.92 Å². The molecule has 0 aliphatic heterocycles. The molecule has 1 atom stereocenters. The number of primary amides is 1. The van der Waals surface area contributed by atoms with Gasteiger partial charge in [-0.1, -0.05) is 29.8 Å². The number of imide groups is 1. The van der Waals surface area contributed by atoms with Crippen molar-refractivity contribution in [3.05, 3.63) is 28.7 Å². The van der Waals surface area contributed by atoms with Gasteiger partial charge in [-0.3, -0.25) is 14.9 Å². The van der Waals surface area contributed by atoms with E-state index in [1.54, 1.807) is 31.3 Å². The second-order valence-corrected chi connectivity index (χ2v) is 7.95. The number of hydrogen-bond donors (Lipinski definition) is 3. The summed E-state index contributed by atoms with van der Waals surface area (Å²) in [6.07, 6.45) is 0. The molecule has 11 heteroatoms. The summed E-state index contributed by atoms with van der Waals surface area (Å²) < 4.78 is 32.4. The molecule has 0 bridgehead atoms. The summed E-state index contributed by atoms with van der Waals surface area (Å²) in [6, 6.07) is 3.54. The predicted octanol–water partition coefficient (Wildman–Crippen LogP) is 0.490. The van der Waals surface area contributed by atoms with E-state index in [0.717, 1.165) is 0 Å². The van der Waals surface area contributed by atoms with E-state index in [9.17, 15) is 22.8 Å². The molecule has 138 valence electrons. The van der Waals surface area contributed by atoms with Gasteiger partial charge in [0.25, 0.3) is 5.91 Å². The average molecular weight is 436 g/mol. The third-order valence-corrected chi connectivity index (χ3v) is 4.92. The van der Waals surface area contributed by atoms with Gasteiger partial charge in [-0.15, -0.1) is 0 Å². The second kappa shape index (κ2) is 8.92. The van der Waals surface area contributed by atoms with Crippen LogP contribution in [0.2, 0.25) is 0 Å². The molecule has 0 heterocycles. The van der Waals surface area contributed by atoms with Crippen LogP contribution < -0.4 is 15.8 Å². The lowest BCUT2D eigenvalue weighted by Gasteiger charge is -2.20. The number of carbonyl (C=O) groups excluding carboxylic acids is 3. The summed E-state index contributed by atoms with van der Waals surface area (Å²) in [5.41, 5.74) is 4.76. The number of ether oxygens (including phenoxy) is 1. The monoisotopic (exact) mass is 435 g/mol. The van der Waals surface area contributed by atoms with Crippen molar-refractivity contribution in [1.29, 1.82) is 0 Å². The Balaban J connectivity index is 2.82. The number of urea groups is 1. The molecule has 0 saturated heterocycles. The first-order chi connectivity index (χ1) is 11.5. The summed E-state index contributed by atoms with van der Waals surface area (Å²) in [4.78, 5) is 33.8. The summed E-state index contributed by atoms with van der Waals surface area (Å²) in [5, 5.41) is 1.73. The maximum atomic E-state index is 12.4. The quantitative estimate of drug-likeness (QED) is 0.531. The van der Waals surface area contributed by atoms with Crippen molar-refractivity contribution >= 4 is 43.9 Å². The molecule has 0 aliphatic carbocycles. The molecule has 0 spiro atoms. The van der Waals surface area contributed by atoms with Gasteiger partial charge in [-0.25, -0.2) is 13.2 Å². The van der Waals surface area contributed by atoms with Gasteiger partial charge in [0.05, 0.1) is 4.90 Å². The Kier molecular flexibility index (Phi) is 7.52. The molecule has 1 rings (SSSR count). The van der Waals surface area contributed by atoms with E-state index in [4.69, 9.17) is 10.5 Å². The van der Waals surface area contributed by atoms with Crippen molar-refractivity contribution in [2.24, 2.45) is 11.7 Å². The molecule has 3 amide bonds. The lowest BCUT2D eigenvalue weighted by Crippen LogP contribution is -2.46. The van der Waals surface area contributed by atoms with E-state index in [1.165, 1.54) is 12.1 Å². The zero-order valence-corrected chi connectivity index (χ0v) is 15.9. The number of nitrogens with one attached hydrogen (secondary N) is 2. The first kappa shape index (κ1) is 21.1. The standard InChI is InChI=1S/C14H18BrN3O6S/c1-8(2)12(13(20)24-7-11(19)17-14(16)21)18-25(22,23)10-5-3-9(15)4-6-10/h3-6,8,12,18H,7H2,1-2H3,(H3,16,17,19,21)/t12-/m0/s1. The molecular formula is C14H18BrN3O6S. The van der Waals surface area contributed by atoms with E-state index < -0.39 is 46.5 Å². The SMILES string of the molecule is CC(C)[C@H](NS(=O)(=O)c1ccc(Br)cc1)C(=O)OCC(=O)NC(N)=O. The van der Waals surface area contributed by atoms with Gasteiger partial charge in [0.2, 0.25) is 10.0 Å². The van der Waals surface area contributed by atoms with Crippen LogP contribution in [0.3, 0.4) is 0 Å². The molecule has 0 fully saturated rings. The van der Waals surface area contributed by atoms with Crippen LogP contribution in [-0.4, -0.2) is 39.0 Å². The highest BCUT2D eigenvalue weighted by atomic mass is 79.9.